The molecule has 8 heteroatoms. The van der Waals surface area contributed by atoms with E-state index in [-0.39, 0.29) is 29.8 Å². The van der Waals surface area contributed by atoms with Crippen LogP contribution in [0.25, 0.3) is 0 Å². The minimum Gasteiger partial charge on any atom is -0.467 e. The van der Waals surface area contributed by atoms with Crippen LogP contribution in [-0.2, 0) is 17.9 Å². The predicted molar refractivity (Wildman–Crippen MR) is 97.7 cm³/mol. The van der Waals surface area contributed by atoms with Crippen LogP contribution in [0.5, 0.6) is 0 Å². The first-order chi connectivity index (χ1) is 13.5. The van der Waals surface area contributed by atoms with E-state index in [0.29, 0.717) is 16.5 Å². The average Bonchev–Trinajstić information content (AvgIpc) is 3.30. The Bertz CT molecular complexity index is 1060. The molecule has 140 valence electrons. The Kier molecular flexibility index (Phi) is 4.67. The van der Waals surface area contributed by atoms with Crippen LogP contribution >= 0.6 is 11.6 Å². The second-order valence-corrected chi connectivity index (χ2v) is 6.49. The Labute approximate surface area is 164 Å². The molecule has 0 N–H and O–H groups in total. The van der Waals surface area contributed by atoms with Crippen LogP contribution in [0.15, 0.2) is 59.3 Å². The van der Waals surface area contributed by atoms with Gasteiger partial charge in [0.05, 0.1) is 29.5 Å². The number of aromatic nitrogens is 1. The highest BCUT2D eigenvalue weighted by atomic mass is 35.5. The van der Waals surface area contributed by atoms with Gasteiger partial charge in [0.15, 0.2) is 0 Å². The molecular formula is C20H13ClN2O5. The van der Waals surface area contributed by atoms with Crippen molar-refractivity contribution in [2.75, 3.05) is 0 Å². The van der Waals surface area contributed by atoms with E-state index < -0.39 is 17.8 Å². The molecule has 0 spiro atoms. The third kappa shape index (κ3) is 3.39. The number of pyridine rings is 1. The molecule has 2 amide bonds. The number of carbonyl (C=O) groups excluding carboxylic acids is 3. The number of nitrogens with zero attached hydrogens (tertiary/aromatic N) is 2. The summed E-state index contributed by atoms with van der Waals surface area (Å²) in [6.45, 7) is 0.0419. The summed E-state index contributed by atoms with van der Waals surface area (Å²) in [6, 6.07) is 10.9. The van der Waals surface area contributed by atoms with Gasteiger partial charge in [-0.05, 0) is 36.4 Å². The highest BCUT2D eigenvalue weighted by Gasteiger charge is 2.36. The standard InChI is InChI=1S/C20H13ClN2O5/c21-17-6-3-12(9-22-17)11-28-20(26)13-4-5-15-16(8-13)19(25)23(18(15)24)10-14-2-1-7-27-14/h1-9H,10-11H2. The molecular weight excluding hydrogens is 384 g/mol. The molecule has 28 heavy (non-hydrogen) atoms. The first-order valence-corrected chi connectivity index (χ1v) is 8.71. The van der Waals surface area contributed by atoms with Crippen molar-refractivity contribution in [2.45, 2.75) is 13.2 Å². The third-order valence-electron chi connectivity index (χ3n) is 4.26. The van der Waals surface area contributed by atoms with E-state index in [1.54, 1.807) is 24.3 Å². The predicted octanol–water partition coefficient (Wildman–Crippen LogP) is 3.48. The van der Waals surface area contributed by atoms with E-state index >= 15 is 0 Å². The Morgan fingerprint density at radius 1 is 1.11 bits per heavy atom. The van der Waals surface area contributed by atoms with E-state index in [1.807, 2.05) is 0 Å². The number of halogens is 1. The fraction of sp³-hybridized carbons (Fsp3) is 0.100. The van der Waals surface area contributed by atoms with Crippen molar-refractivity contribution < 1.29 is 23.5 Å². The van der Waals surface area contributed by atoms with Gasteiger partial charge in [-0.3, -0.25) is 14.5 Å². The molecule has 0 fully saturated rings. The lowest BCUT2D eigenvalue weighted by molar-refractivity contribution is 0.0472. The zero-order valence-corrected chi connectivity index (χ0v) is 15.2. The molecule has 4 rings (SSSR count). The summed E-state index contributed by atoms with van der Waals surface area (Å²) in [6.07, 6.45) is 2.98. The zero-order chi connectivity index (χ0) is 19.7. The van der Waals surface area contributed by atoms with E-state index in [9.17, 15) is 14.4 Å². The Morgan fingerprint density at radius 2 is 1.93 bits per heavy atom. The maximum absolute atomic E-state index is 12.6. The summed E-state index contributed by atoms with van der Waals surface area (Å²) in [5.41, 5.74) is 1.27. The number of ether oxygens (including phenoxy) is 1. The molecule has 0 saturated carbocycles. The smallest absolute Gasteiger partial charge is 0.338 e. The van der Waals surface area contributed by atoms with Crippen molar-refractivity contribution in [3.05, 3.63) is 88.1 Å². The molecule has 3 heterocycles. The maximum Gasteiger partial charge on any atom is 0.338 e. The number of esters is 1. The van der Waals surface area contributed by atoms with Crippen molar-refractivity contribution in [3.8, 4) is 0 Å². The summed E-state index contributed by atoms with van der Waals surface area (Å²) in [4.78, 5) is 42.4. The largest absolute Gasteiger partial charge is 0.467 e. The second-order valence-electron chi connectivity index (χ2n) is 6.10. The third-order valence-corrected chi connectivity index (χ3v) is 4.48. The topological polar surface area (TPSA) is 89.7 Å². The van der Waals surface area contributed by atoms with Crippen LogP contribution in [0.2, 0.25) is 5.15 Å². The zero-order valence-electron chi connectivity index (χ0n) is 14.4. The Morgan fingerprint density at radius 3 is 2.64 bits per heavy atom. The van der Waals surface area contributed by atoms with E-state index in [1.165, 1.54) is 30.7 Å². The van der Waals surface area contributed by atoms with Crippen LogP contribution in [-0.4, -0.2) is 27.7 Å². The number of hydrogen-bond acceptors (Lipinski definition) is 6. The van der Waals surface area contributed by atoms with Crippen molar-refractivity contribution in [2.24, 2.45) is 0 Å². The van der Waals surface area contributed by atoms with Crippen molar-refractivity contribution >= 4 is 29.4 Å². The number of rotatable bonds is 5. The van der Waals surface area contributed by atoms with E-state index in [4.69, 9.17) is 20.8 Å². The van der Waals surface area contributed by atoms with Gasteiger partial charge in [0, 0.05) is 11.8 Å². The van der Waals surface area contributed by atoms with Gasteiger partial charge in [-0.15, -0.1) is 0 Å². The lowest BCUT2D eigenvalue weighted by Crippen LogP contribution is -2.28. The van der Waals surface area contributed by atoms with Crippen molar-refractivity contribution in [3.63, 3.8) is 0 Å². The number of imide groups is 1. The number of carbonyl (C=O) groups is 3. The van der Waals surface area contributed by atoms with Crippen LogP contribution < -0.4 is 0 Å². The lowest BCUT2D eigenvalue weighted by Gasteiger charge is -2.11. The quantitative estimate of drug-likeness (QED) is 0.372. The average molecular weight is 397 g/mol. The fourth-order valence-electron chi connectivity index (χ4n) is 2.84. The highest BCUT2D eigenvalue weighted by molar-refractivity contribution is 6.29. The van der Waals surface area contributed by atoms with Crippen LogP contribution in [0, 0.1) is 0 Å². The summed E-state index contributed by atoms with van der Waals surface area (Å²) >= 11 is 5.72. The van der Waals surface area contributed by atoms with Gasteiger partial charge in [-0.1, -0.05) is 17.7 Å². The highest BCUT2D eigenvalue weighted by Crippen LogP contribution is 2.26. The Balaban J connectivity index is 1.49. The molecule has 0 atom stereocenters. The number of benzene rings is 1. The molecule has 0 saturated heterocycles. The molecule has 1 aliphatic heterocycles. The summed E-state index contributed by atoms with van der Waals surface area (Å²) in [7, 11) is 0. The van der Waals surface area contributed by atoms with Gasteiger partial charge in [0.2, 0.25) is 0 Å². The first-order valence-electron chi connectivity index (χ1n) is 8.33. The van der Waals surface area contributed by atoms with Crippen LogP contribution in [0.1, 0.15) is 42.4 Å². The van der Waals surface area contributed by atoms with Crippen molar-refractivity contribution in [1.82, 2.24) is 9.88 Å². The SMILES string of the molecule is O=C(OCc1ccc(Cl)nc1)c1ccc2c(c1)C(=O)N(Cc1ccco1)C2=O. The van der Waals surface area contributed by atoms with Gasteiger partial charge in [-0.2, -0.15) is 0 Å². The molecule has 0 unspecified atom stereocenters. The van der Waals surface area contributed by atoms with Crippen molar-refractivity contribution in [1.29, 1.82) is 0 Å². The summed E-state index contributed by atoms with van der Waals surface area (Å²) < 4.78 is 10.4. The van der Waals surface area contributed by atoms with Gasteiger partial charge < -0.3 is 9.15 Å². The van der Waals surface area contributed by atoms with Gasteiger partial charge in [-0.25, -0.2) is 9.78 Å². The number of hydrogen-bond donors (Lipinski definition) is 0. The monoisotopic (exact) mass is 396 g/mol. The van der Waals surface area contributed by atoms with E-state index in [0.717, 1.165) is 4.90 Å². The molecule has 7 nitrogen and oxygen atoms in total. The minimum atomic E-state index is -0.609. The van der Waals surface area contributed by atoms with Gasteiger partial charge in [0.25, 0.3) is 11.8 Å². The van der Waals surface area contributed by atoms with E-state index in [2.05, 4.69) is 4.98 Å². The molecule has 0 radical (unpaired) electrons. The normalized spacial score (nSPS) is 13.0. The van der Waals surface area contributed by atoms with Gasteiger partial charge >= 0.3 is 5.97 Å². The molecule has 3 aromatic rings. The van der Waals surface area contributed by atoms with Gasteiger partial charge in [0.1, 0.15) is 17.5 Å². The summed E-state index contributed by atoms with van der Waals surface area (Å²) in [5.74, 6) is -1.02. The Hall–Kier alpha value is -3.45. The number of furan rings is 1. The first kappa shape index (κ1) is 17.9. The molecule has 0 aliphatic carbocycles. The lowest BCUT2D eigenvalue weighted by atomic mass is 10.1. The summed E-state index contributed by atoms with van der Waals surface area (Å²) in [5, 5.41) is 0.344. The molecule has 1 aromatic carbocycles. The molecule has 2 aromatic heterocycles. The second kappa shape index (κ2) is 7.28. The number of amides is 2. The maximum atomic E-state index is 12.6. The van der Waals surface area contributed by atoms with Crippen LogP contribution in [0.3, 0.4) is 0 Å². The number of fused-ring (bicyclic) bond motifs is 1. The fourth-order valence-corrected chi connectivity index (χ4v) is 2.96. The molecule has 1 aliphatic rings. The molecule has 0 bridgehead atoms. The minimum absolute atomic E-state index is 0.0115. The van der Waals surface area contributed by atoms with Crippen LogP contribution in [0.4, 0.5) is 0 Å².